The summed E-state index contributed by atoms with van der Waals surface area (Å²) in [5, 5.41) is 0.559. The Hall–Kier alpha value is -2.05. The predicted molar refractivity (Wildman–Crippen MR) is 97.5 cm³/mol. The monoisotopic (exact) mass is 373 g/mol. The number of nitrogens with zero attached hydrogens (tertiary/aromatic N) is 3. The highest BCUT2D eigenvalue weighted by atomic mass is 35.5. The first-order chi connectivity index (χ1) is 12.0. The molecule has 0 unspecified atom stereocenters. The van der Waals surface area contributed by atoms with Gasteiger partial charge >= 0.3 is 0 Å². The molecule has 0 saturated carbocycles. The van der Waals surface area contributed by atoms with E-state index in [1.807, 2.05) is 24.3 Å². The Kier molecular flexibility index (Phi) is 3.96. The van der Waals surface area contributed by atoms with Crippen LogP contribution in [0.4, 0.5) is 5.69 Å². The van der Waals surface area contributed by atoms with Gasteiger partial charge in [-0.3, -0.25) is 19.5 Å². The van der Waals surface area contributed by atoms with E-state index in [0.717, 1.165) is 16.3 Å². The Labute approximate surface area is 155 Å². The molecule has 3 heterocycles. The molecule has 1 aromatic heterocycles. The van der Waals surface area contributed by atoms with Crippen LogP contribution in [0.3, 0.4) is 0 Å². The van der Waals surface area contributed by atoms with Gasteiger partial charge in [-0.1, -0.05) is 29.4 Å². The molecule has 1 saturated heterocycles. The average molecular weight is 374 g/mol. The summed E-state index contributed by atoms with van der Waals surface area (Å²) < 4.78 is 0. The molecule has 4 rings (SSSR count). The summed E-state index contributed by atoms with van der Waals surface area (Å²) in [6.07, 6.45) is 2.57. The van der Waals surface area contributed by atoms with Crippen molar-refractivity contribution >= 4 is 40.9 Å². The molecule has 2 aliphatic heterocycles. The van der Waals surface area contributed by atoms with E-state index >= 15 is 0 Å². The summed E-state index contributed by atoms with van der Waals surface area (Å²) in [6.45, 7) is 0.404. The van der Waals surface area contributed by atoms with Crippen LogP contribution in [0.15, 0.2) is 47.5 Å². The molecule has 0 radical (unpaired) electrons. The molecule has 0 spiro atoms. The standard InChI is InChI=1S/C18H16ClN3O2S/c1-21(11-13-4-2-3-9-20-13)17(24)18-8-7-16(23)22(18)14-10-12(19)5-6-15(14)25-18/h2-6,9-10H,7-8,11H2,1H3/t18-/m0/s1. The lowest BCUT2D eigenvalue weighted by Gasteiger charge is -2.33. The van der Waals surface area contributed by atoms with Gasteiger partial charge in [0.2, 0.25) is 5.91 Å². The number of rotatable bonds is 3. The molecule has 2 aromatic rings. The Morgan fingerprint density at radius 3 is 3.00 bits per heavy atom. The van der Waals surface area contributed by atoms with E-state index in [9.17, 15) is 9.59 Å². The summed E-state index contributed by atoms with van der Waals surface area (Å²) in [5.41, 5.74) is 1.55. The second-order valence-corrected chi connectivity index (χ2v) is 7.97. The first-order valence-electron chi connectivity index (χ1n) is 7.98. The van der Waals surface area contributed by atoms with Gasteiger partial charge < -0.3 is 4.90 Å². The van der Waals surface area contributed by atoms with Crippen LogP contribution in [-0.2, 0) is 16.1 Å². The van der Waals surface area contributed by atoms with Crippen LogP contribution in [0, 0.1) is 0 Å². The maximum atomic E-state index is 13.3. The average Bonchev–Trinajstić information content (AvgIpc) is 3.11. The minimum absolute atomic E-state index is 0.0342. The van der Waals surface area contributed by atoms with Crippen LogP contribution in [-0.4, -0.2) is 33.6 Å². The van der Waals surface area contributed by atoms with Crippen LogP contribution < -0.4 is 4.90 Å². The SMILES string of the molecule is CN(Cc1ccccn1)C(=O)[C@@]12CCC(=O)N1c1cc(Cl)ccc1S2. The smallest absolute Gasteiger partial charge is 0.259 e. The molecule has 1 fully saturated rings. The highest BCUT2D eigenvalue weighted by molar-refractivity contribution is 8.02. The fraction of sp³-hybridized carbons (Fsp3) is 0.278. The summed E-state index contributed by atoms with van der Waals surface area (Å²) in [7, 11) is 1.75. The van der Waals surface area contributed by atoms with Crippen LogP contribution in [0.25, 0.3) is 0 Å². The minimum atomic E-state index is -0.909. The molecule has 25 heavy (non-hydrogen) atoms. The summed E-state index contributed by atoms with van der Waals surface area (Å²) in [5.74, 6) is -0.116. The largest absolute Gasteiger partial charge is 0.337 e. The third-order valence-electron chi connectivity index (χ3n) is 4.54. The van der Waals surface area contributed by atoms with Crippen LogP contribution in [0.2, 0.25) is 5.02 Å². The number of carbonyl (C=O) groups is 2. The summed E-state index contributed by atoms with van der Waals surface area (Å²) >= 11 is 7.55. The number of hydrogen-bond acceptors (Lipinski definition) is 4. The number of carbonyl (C=O) groups excluding carboxylic acids is 2. The molecule has 0 N–H and O–H groups in total. The fourth-order valence-electron chi connectivity index (χ4n) is 3.41. The third kappa shape index (κ3) is 2.60. The van der Waals surface area contributed by atoms with E-state index in [1.54, 1.807) is 35.2 Å². The zero-order valence-corrected chi connectivity index (χ0v) is 15.2. The number of likely N-dealkylation sites (N-methyl/N-ethyl adjacent to an activating group) is 1. The van der Waals surface area contributed by atoms with Crippen molar-refractivity contribution in [1.29, 1.82) is 0 Å². The van der Waals surface area contributed by atoms with Gasteiger partial charge in [0.05, 0.1) is 17.9 Å². The number of hydrogen-bond donors (Lipinski definition) is 0. The normalized spacial score (nSPS) is 21.2. The number of amides is 2. The summed E-state index contributed by atoms with van der Waals surface area (Å²) in [4.78, 5) is 33.4. The number of halogens is 1. The number of pyridine rings is 1. The Morgan fingerprint density at radius 1 is 1.40 bits per heavy atom. The molecule has 1 atom stereocenters. The van der Waals surface area contributed by atoms with Gasteiger partial charge in [-0.25, -0.2) is 0 Å². The molecule has 7 heteroatoms. The first-order valence-corrected chi connectivity index (χ1v) is 9.18. The van der Waals surface area contributed by atoms with Gasteiger partial charge in [0.15, 0.2) is 4.87 Å². The zero-order valence-electron chi connectivity index (χ0n) is 13.6. The molecule has 0 aliphatic carbocycles. The second kappa shape index (κ2) is 6.04. The van der Waals surface area contributed by atoms with Gasteiger partial charge in [0, 0.05) is 29.6 Å². The highest BCUT2D eigenvalue weighted by Crippen LogP contribution is 2.56. The zero-order chi connectivity index (χ0) is 17.6. The van der Waals surface area contributed by atoms with Gasteiger partial charge in [-0.05, 0) is 36.8 Å². The first kappa shape index (κ1) is 16.4. The van der Waals surface area contributed by atoms with Crippen LogP contribution >= 0.6 is 23.4 Å². The van der Waals surface area contributed by atoms with E-state index in [4.69, 9.17) is 11.6 Å². The number of thioether (sulfide) groups is 1. The van der Waals surface area contributed by atoms with E-state index in [0.29, 0.717) is 24.4 Å². The van der Waals surface area contributed by atoms with Crippen molar-refractivity contribution in [2.45, 2.75) is 29.2 Å². The topological polar surface area (TPSA) is 53.5 Å². The van der Waals surface area contributed by atoms with Crippen LogP contribution in [0.1, 0.15) is 18.5 Å². The van der Waals surface area contributed by atoms with Gasteiger partial charge in [0.1, 0.15) is 0 Å². The van der Waals surface area contributed by atoms with Crippen molar-refractivity contribution in [3.05, 3.63) is 53.3 Å². The molecule has 2 amide bonds. The summed E-state index contributed by atoms with van der Waals surface area (Å²) in [6, 6.07) is 11.1. The molecule has 0 bridgehead atoms. The van der Waals surface area contributed by atoms with E-state index < -0.39 is 4.87 Å². The van der Waals surface area contributed by atoms with Crippen molar-refractivity contribution in [2.24, 2.45) is 0 Å². The Morgan fingerprint density at radius 2 is 2.24 bits per heavy atom. The number of anilines is 1. The minimum Gasteiger partial charge on any atom is -0.337 e. The molecule has 2 aliphatic rings. The van der Waals surface area contributed by atoms with Gasteiger partial charge in [-0.15, -0.1) is 0 Å². The molecular weight excluding hydrogens is 358 g/mol. The van der Waals surface area contributed by atoms with E-state index in [1.165, 1.54) is 11.8 Å². The molecular formula is C18H16ClN3O2S. The van der Waals surface area contributed by atoms with Gasteiger partial charge in [-0.2, -0.15) is 0 Å². The second-order valence-electron chi connectivity index (χ2n) is 6.21. The maximum Gasteiger partial charge on any atom is 0.259 e. The highest BCUT2D eigenvalue weighted by Gasteiger charge is 2.58. The Balaban J connectivity index is 1.66. The van der Waals surface area contributed by atoms with Crippen molar-refractivity contribution in [3.63, 3.8) is 0 Å². The van der Waals surface area contributed by atoms with E-state index in [-0.39, 0.29) is 11.8 Å². The van der Waals surface area contributed by atoms with E-state index in [2.05, 4.69) is 4.98 Å². The third-order valence-corrected chi connectivity index (χ3v) is 6.23. The Bertz CT molecular complexity index is 861. The molecule has 128 valence electrons. The molecule has 5 nitrogen and oxygen atoms in total. The van der Waals surface area contributed by atoms with Crippen molar-refractivity contribution in [3.8, 4) is 0 Å². The van der Waals surface area contributed by atoms with Crippen molar-refractivity contribution < 1.29 is 9.59 Å². The van der Waals surface area contributed by atoms with Crippen molar-refractivity contribution in [2.75, 3.05) is 11.9 Å². The maximum absolute atomic E-state index is 13.3. The fourth-order valence-corrected chi connectivity index (χ4v) is 5.07. The van der Waals surface area contributed by atoms with Crippen molar-refractivity contribution in [1.82, 2.24) is 9.88 Å². The molecule has 1 aromatic carbocycles. The number of benzene rings is 1. The number of aromatic nitrogens is 1. The van der Waals surface area contributed by atoms with Crippen LogP contribution in [0.5, 0.6) is 0 Å². The lowest BCUT2D eigenvalue weighted by Crippen LogP contribution is -2.52. The lowest BCUT2D eigenvalue weighted by atomic mass is 10.1. The van der Waals surface area contributed by atoms with Gasteiger partial charge in [0.25, 0.3) is 5.91 Å². The number of fused-ring (bicyclic) bond motifs is 3. The quantitative estimate of drug-likeness (QED) is 0.828. The lowest BCUT2D eigenvalue weighted by molar-refractivity contribution is -0.133. The predicted octanol–water partition coefficient (Wildman–Crippen LogP) is 3.32.